The van der Waals surface area contributed by atoms with E-state index in [9.17, 15) is 8.42 Å². The fourth-order valence-corrected chi connectivity index (χ4v) is 1.78. The SMILES string of the molecule is CCC(C)NCc1ccc(S(=O)(=O)NC)o1. The Hall–Kier alpha value is -0.850. The Kier molecular flexibility index (Phi) is 4.52. The van der Waals surface area contributed by atoms with Crippen LogP contribution in [0.5, 0.6) is 0 Å². The predicted molar refractivity (Wildman–Crippen MR) is 61.5 cm³/mol. The molecule has 6 heteroatoms. The summed E-state index contributed by atoms with van der Waals surface area (Å²) in [5, 5.41) is 3.18. The zero-order valence-corrected chi connectivity index (χ0v) is 10.6. The fourth-order valence-electron chi connectivity index (χ4n) is 1.12. The molecule has 92 valence electrons. The van der Waals surface area contributed by atoms with E-state index in [4.69, 9.17) is 4.42 Å². The van der Waals surface area contributed by atoms with Crippen molar-refractivity contribution in [2.75, 3.05) is 7.05 Å². The summed E-state index contributed by atoms with van der Waals surface area (Å²) in [6.45, 7) is 4.68. The molecular weight excluding hydrogens is 228 g/mol. The van der Waals surface area contributed by atoms with Crippen molar-refractivity contribution in [3.05, 3.63) is 17.9 Å². The molecule has 1 heterocycles. The summed E-state index contributed by atoms with van der Waals surface area (Å²) < 4.78 is 30.2. The molecule has 0 aliphatic rings. The van der Waals surface area contributed by atoms with E-state index in [2.05, 4.69) is 23.9 Å². The molecule has 0 radical (unpaired) electrons. The Morgan fingerprint density at radius 1 is 1.44 bits per heavy atom. The summed E-state index contributed by atoms with van der Waals surface area (Å²) in [6.07, 6.45) is 1.02. The zero-order valence-electron chi connectivity index (χ0n) is 9.78. The topological polar surface area (TPSA) is 71.3 Å². The van der Waals surface area contributed by atoms with Gasteiger partial charge in [-0.15, -0.1) is 0 Å². The molecule has 16 heavy (non-hydrogen) atoms. The molecule has 0 aliphatic carbocycles. The van der Waals surface area contributed by atoms with Crippen LogP contribution in [0.2, 0.25) is 0 Å². The van der Waals surface area contributed by atoms with Crippen molar-refractivity contribution in [3.8, 4) is 0 Å². The lowest BCUT2D eigenvalue weighted by atomic mass is 10.2. The third-order valence-corrected chi connectivity index (χ3v) is 3.69. The first-order valence-corrected chi connectivity index (χ1v) is 6.73. The van der Waals surface area contributed by atoms with Gasteiger partial charge < -0.3 is 9.73 Å². The molecule has 1 atom stereocenters. The van der Waals surface area contributed by atoms with Gasteiger partial charge in [-0.3, -0.25) is 0 Å². The van der Waals surface area contributed by atoms with Gasteiger partial charge in [0.05, 0.1) is 6.54 Å². The lowest BCUT2D eigenvalue weighted by Gasteiger charge is -2.08. The van der Waals surface area contributed by atoms with Crippen LogP contribution in [0, 0.1) is 0 Å². The number of rotatable bonds is 6. The lowest BCUT2D eigenvalue weighted by molar-refractivity contribution is 0.389. The molecule has 0 fully saturated rings. The third kappa shape index (κ3) is 3.33. The average Bonchev–Trinajstić information content (AvgIpc) is 2.75. The third-order valence-electron chi connectivity index (χ3n) is 2.41. The van der Waals surface area contributed by atoms with Crippen LogP contribution in [0.3, 0.4) is 0 Å². The van der Waals surface area contributed by atoms with Crippen molar-refractivity contribution in [3.63, 3.8) is 0 Å². The summed E-state index contributed by atoms with van der Waals surface area (Å²) >= 11 is 0. The Bertz CT molecular complexity index is 425. The van der Waals surface area contributed by atoms with Crippen molar-refractivity contribution >= 4 is 10.0 Å². The zero-order chi connectivity index (χ0) is 12.2. The monoisotopic (exact) mass is 246 g/mol. The second-order valence-corrected chi connectivity index (χ2v) is 5.44. The van der Waals surface area contributed by atoms with Crippen molar-refractivity contribution in [1.29, 1.82) is 0 Å². The number of hydrogen-bond acceptors (Lipinski definition) is 4. The molecular formula is C10H18N2O3S. The summed E-state index contributed by atoms with van der Waals surface area (Å²) in [5.41, 5.74) is 0. The highest BCUT2D eigenvalue weighted by atomic mass is 32.2. The van der Waals surface area contributed by atoms with Crippen LogP contribution in [-0.2, 0) is 16.6 Å². The van der Waals surface area contributed by atoms with Gasteiger partial charge in [0.15, 0.2) is 0 Å². The molecule has 0 aromatic carbocycles. The minimum absolute atomic E-state index is 0.0454. The van der Waals surface area contributed by atoms with E-state index in [0.29, 0.717) is 18.3 Å². The van der Waals surface area contributed by atoms with E-state index in [0.717, 1.165) is 6.42 Å². The van der Waals surface area contributed by atoms with Crippen LogP contribution in [0.4, 0.5) is 0 Å². The molecule has 1 aromatic rings. The van der Waals surface area contributed by atoms with Gasteiger partial charge in [0.2, 0.25) is 5.09 Å². The number of sulfonamides is 1. The number of nitrogens with one attached hydrogen (secondary N) is 2. The molecule has 2 N–H and O–H groups in total. The summed E-state index contributed by atoms with van der Waals surface area (Å²) in [7, 11) is -2.11. The van der Waals surface area contributed by atoms with Crippen molar-refractivity contribution in [2.24, 2.45) is 0 Å². The summed E-state index contributed by atoms with van der Waals surface area (Å²) in [6, 6.07) is 3.51. The maximum atomic E-state index is 11.4. The van der Waals surface area contributed by atoms with E-state index in [-0.39, 0.29) is 5.09 Å². The highest BCUT2D eigenvalue weighted by Crippen LogP contribution is 2.13. The van der Waals surface area contributed by atoms with Crippen molar-refractivity contribution in [2.45, 2.75) is 37.9 Å². The largest absolute Gasteiger partial charge is 0.447 e. The Balaban J connectivity index is 2.66. The normalized spacial score (nSPS) is 13.9. The molecule has 0 spiro atoms. The van der Waals surface area contributed by atoms with Crippen molar-refractivity contribution in [1.82, 2.24) is 10.0 Å². The van der Waals surface area contributed by atoms with E-state index >= 15 is 0 Å². The standard InChI is InChI=1S/C10H18N2O3S/c1-4-8(2)12-7-9-5-6-10(15-9)16(13,14)11-3/h5-6,8,11-12H,4,7H2,1-3H3. The second-order valence-electron chi connectivity index (χ2n) is 3.62. The maximum Gasteiger partial charge on any atom is 0.273 e. The van der Waals surface area contributed by atoms with E-state index in [1.54, 1.807) is 6.07 Å². The summed E-state index contributed by atoms with van der Waals surface area (Å²) in [5.74, 6) is 0.620. The van der Waals surface area contributed by atoms with Crippen LogP contribution in [-0.4, -0.2) is 21.5 Å². The highest BCUT2D eigenvalue weighted by molar-refractivity contribution is 7.89. The maximum absolute atomic E-state index is 11.4. The molecule has 5 nitrogen and oxygen atoms in total. The van der Waals surface area contributed by atoms with Crippen LogP contribution in [0.1, 0.15) is 26.0 Å². The Labute approximate surface area is 96.3 Å². The van der Waals surface area contributed by atoms with Crippen LogP contribution in [0.15, 0.2) is 21.6 Å². The molecule has 1 unspecified atom stereocenters. The number of hydrogen-bond donors (Lipinski definition) is 2. The van der Waals surface area contributed by atoms with Crippen LogP contribution >= 0.6 is 0 Å². The van der Waals surface area contributed by atoms with Gasteiger partial charge in [-0.1, -0.05) is 6.92 Å². The first kappa shape index (κ1) is 13.2. The first-order valence-electron chi connectivity index (χ1n) is 5.25. The molecule has 1 rings (SSSR count). The highest BCUT2D eigenvalue weighted by Gasteiger charge is 2.16. The van der Waals surface area contributed by atoms with Crippen molar-refractivity contribution < 1.29 is 12.8 Å². The van der Waals surface area contributed by atoms with Gasteiger partial charge >= 0.3 is 0 Å². The molecule has 0 amide bonds. The summed E-state index contributed by atoms with van der Waals surface area (Å²) in [4.78, 5) is 0. The molecule has 0 saturated heterocycles. The predicted octanol–water partition coefficient (Wildman–Crippen LogP) is 1.08. The fraction of sp³-hybridized carbons (Fsp3) is 0.600. The molecule has 1 aromatic heterocycles. The Morgan fingerprint density at radius 2 is 2.12 bits per heavy atom. The first-order chi connectivity index (χ1) is 7.49. The smallest absolute Gasteiger partial charge is 0.273 e. The molecule has 0 aliphatic heterocycles. The van der Waals surface area contributed by atoms with Gasteiger partial charge in [0.1, 0.15) is 5.76 Å². The minimum atomic E-state index is -3.47. The van der Waals surface area contributed by atoms with Crippen LogP contribution < -0.4 is 10.0 Å². The van der Waals surface area contributed by atoms with E-state index in [1.165, 1.54) is 13.1 Å². The van der Waals surface area contributed by atoms with Gasteiger partial charge in [0, 0.05) is 6.04 Å². The minimum Gasteiger partial charge on any atom is -0.447 e. The van der Waals surface area contributed by atoms with Gasteiger partial charge in [-0.2, -0.15) is 0 Å². The number of furan rings is 1. The van der Waals surface area contributed by atoms with E-state index in [1.807, 2.05) is 0 Å². The van der Waals surface area contributed by atoms with Crippen LogP contribution in [0.25, 0.3) is 0 Å². The van der Waals surface area contributed by atoms with Gasteiger partial charge in [-0.25, -0.2) is 13.1 Å². The van der Waals surface area contributed by atoms with Gasteiger partial charge in [0.25, 0.3) is 10.0 Å². The quantitative estimate of drug-likeness (QED) is 0.788. The lowest BCUT2D eigenvalue weighted by Crippen LogP contribution is -2.24. The second kappa shape index (κ2) is 5.47. The van der Waals surface area contributed by atoms with Gasteiger partial charge in [-0.05, 0) is 32.5 Å². The Morgan fingerprint density at radius 3 is 2.69 bits per heavy atom. The molecule has 0 saturated carbocycles. The van der Waals surface area contributed by atoms with E-state index < -0.39 is 10.0 Å². The molecule has 0 bridgehead atoms. The average molecular weight is 246 g/mol.